The summed E-state index contributed by atoms with van der Waals surface area (Å²) in [4.78, 5) is 2.39. The zero-order valence-electron chi connectivity index (χ0n) is 20.7. The Bertz CT molecular complexity index is 1570. The van der Waals surface area contributed by atoms with Gasteiger partial charge in [-0.25, -0.2) is 4.58 Å². The minimum atomic E-state index is -3.12. The molecular weight excluding hydrogens is 495 g/mol. The highest BCUT2D eigenvalue weighted by atomic mass is 35.5. The molecule has 1 atom stereocenters. The van der Waals surface area contributed by atoms with E-state index < -0.39 is 7.14 Å². The quantitative estimate of drug-likeness (QED) is 0.235. The molecule has 1 unspecified atom stereocenters. The van der Waals surface area contributed by atoms with Crippen LogP contribution in [0.3, 0.4) is 0 Å². The van der Waals surface area contributed by atoms with Crippen LogP contribution in [0.1, 0.15) is 29.5 Å². The third-order valence-corrected chi connectivity index (χ3v) is 11.6. The molecule has 3 heterocycles. The molecule has 0 spiro atoms. The van der Waals surface area contributed by atoms with Crippen LogP contribution in [0.15, 0.2) is 102 Å². The van der Waals surface area contributed by atoms with Crippen molar-refractivity contribution in [3.05, 3.63) is 119 Å². The first-order chi connectivity index (χ1) is 18.2. The van der Waals surface area contributed by atoms with Gasteiger partial charge in [0, 0.05) is 52.7 Å². The van der Waals surface area contributed by atoms with Crippen LogP contribution in [0.5, 0.6) is 0 Å². The first-order valence-electron chi connectivity index (χ1n) is 13.1. The van der Waals surface area contributed by atoms with Gasteiger partial charge in [0.15, 0.2) is 7.14 Å². The SMILES string of the molecule is O=P1(c2ccccc2)C2=CC(=[N+]3CCC3)C=CC2=C(c2ccc(CCl)cc2)c2ccc(N3CCC3)cc21. The normalized spacial score (nSPS) is 22.2. The maximum Gasteiger partial charge on any atom is 0.200 e. The summed E-state index contributed by atoms with van der Waals surface area (Å²) in [7, 11) is -3.12. The van der Waals surface area contributed by atoms with E-state index in [1.165, 1.54) is 24.2 Å². The van der Waals surface area contributed by atoms with Gasteiger partial charge >= 0.3 is 0 Å². The molecule has 5 heteroatoms. The molecule has 0 aromatic heterocycles. The van der Waals surface area contributed by atoms with Crippen molar-refractivity contribution in [1.29, 1.82) is 0 Å². The molecule has 0 radical (unpaired) electrons. The van der Waals surface area contributed by atoms with Crippen molar-refractivity contribution in [2.45, 2.75) is 18.7 Å². The Kier molecular flexibility index (Phi) is 5.61. The Hall–Kier alpha value is -3.13. The highest BCUT2D eigenvalue weighted by molar-refractivity contribution is 7.83. The topological polar surface area (TPSA) is 23.3 Å². The Morgan fingerprint density at radius 2 is 1.68 bits per heavy atom. The molecule has 3 nitrogen and oxygen atoms in total. The van der Waals surface area contributed by atoms with E-state index in [2.05, 4.69) is 70.2 Å². The van der Waals surface area contributed by atoms with Crippen LogP contribution in [-0.2, 0) is 10.4 Å². The summed E-state index contributed by atoms with van der Waals surface area (Å²) >= 11 is 6.11. The molecule has 184 valence electrons. The first-order valence-corrected chi connectivity index (χ1v) is 15.4. The zero-order valence-corrected chi connectivity index (χ0v) is 22.4. The maximum absolute atomic E-state index is 15.7. The predicted octanol–water partition coefficient (Wildman–Crippen LogP) is 6.08. The van der Waals surface area contributed by atoms with E-state index in [0.29, 0.717) is 5.88 Å². The minimum Gasteiger partial charge on any atom is -0.371 e. The summed E-state index contributed by atoms with van der Waals surface area (Å²) in [5.41, 5.74) is 7.85. The van der Waals surface area contributed by atoms with Gasteiger partial charge in [0.25, 0.3) is 0 Å². The molecule has 0 saturated carbocycles. The summed E-state index contributed by atoms with van der Waals surface area (Å²) < 4.78 is 18.0. The molecular formula is C32H29ClN2OP+. The molecule has 0 N–H and O–H groups in total. The molecule has 2 saturated heterocycles. The Balaban J connectivity index is 1.54. The molecule has 3 aromatic carbocycles. The Morgan fingerprint density at radius 3 is 2.32 bits per heavy atom. The third-order valence-electron chi connectivity index (χ3n) is 8.14. The van der Waals surface area contributed by atoms with Crippen molar-refractivity contribution in [1.82, 2.24) is 0 Å². The van der Waals surface area contributed by atoms with Crippen molar-refractivity contribution in [2.24, 2.45) is 0 Å². The van der Waals surface area contributed by atoms with Crippen molar-refractivity contribution in [3.8, 4) is 0 Å². The number of fused-ring (bicyclic) bond motifs is 2. The van der Waals surface area contributed by atoms with Crippen molar-refractivity contribution in [2.75, 3.05) is 31.1 Å². The number of alkyl halides is 1. The fourth-order valence-electron chi connectivity index (χ4n) is 5.79. The number of allylic oxidation sites excluding steroid dienone is 5. The van der Waals surface area contributed by atoms with Crippen LogP contribution < -0.4 is 15.5 Å². The molecule has 2 fully saturated rings. The van der Waals surface area contributed by atoms with Crippen LogP contribution in [0.4, 0.5) is 5.69 Å². The average Bonchev–Trinajstić information content (AvgIpc) is 2.88. The fraction of sp³-hybridized carbons (Fsp3) is 0.219. The van der Waals surface area contributed by atoms with E-state index >= 15 is 4.57 Å². The van der Waals surface area contributed by atoms with Gasteiger partial charge in [-0.05, 0) is 52.5 Å². The number of benzene rings is 3. The van der Waals surface area contributed by atoms with Crippen LogP contribution in [0.25, 0.3) is 5.57 Å². The van der Waals surface area contributed by atoms with Crippen LogP contribution in [0.2, 0.25) is 0 Å². The number of hydrogen-bond donors (Lipinski definition) is 0. The smallest absolute Gasteiger partial charge is 0.200 e. The second-order valence-corrected chi connectivity index (χ2v) is 13.2. The fourth-order valence-corrected chi connectivity index (χ4v) is 9.05. The molecule has 0 amide bonds. The molecule has 1 aliphatic carbocycles. The molecule has 37 heavy (non-hydrogen) atoms. The van der Waals surface area contributed by atoms with Gasteiger partial charge in [-0.1, -0.05) is 60.7 Å². The van der Waals surface area contributed by atoms with Gasteiger partial charge in [0.05, 0.1) is 6.42 Å². The first kappa shape index (κ1) is 23.0. The second kappa shape index (κ2) is 9.01. The van der Waals surface area contributed by atoms with Crippen molar-refractivity contribution in [3.63, 3.8) is 0 Å². The van der Waals surface area contributed by atoms with Gasteiger partial charge in [-0.15, -0.1) is 11.6 Å². The zero-order chi connectivity index (χ0) is 25.0. The molecule has 0 bridgehead atoms. The van der Waals surface area contributed by atoms with E-state index in [9.17, 15) is 0 Å². The molecule has 3 aliphatic heterocycles. The number of hydrogen-bond acceptors (Lipinski definition) is 2. The largest absolute Gasteiger partial charge is 0.371 e. The van der Waals surface area contributed by atoms with E-state index in [4.69, 9.17) is 11.6 Å². The minimum absolute atomic E-state index is 0.490. The van der Waals surface area contributed by atoms with Crippen molar-refractivity contribution < 1.29 is 9.14 Å². The van der Waals surface area contributed by atoms with Crippen LogP contribution in [-0.4, -0.2) is 36.5 Å². The summed E-state index contributed by atoms with van der Waals surface area (Å²) in [6.07, 6.45) is 9.05. The predicted molar refractivity (Wildman–Crippen MR) is 155 cm³/mol. The number of rotatable bonds is 4. The van der Waals surface area contributed by atoms with Gasteiger partial charge in [-0.2, -0.15) is 0 Å². The highest BCUT2D eigenvalue weighted by Gasteiger charge is 2.43. The van der Waals surface area contributed by atoms with E-state index in [1.54, 1.807) is 0 Å². The van der Waals surface area contributed by atoms with Gasteiger partial charge in [0.1, 0.15) is 13.1 Å². The van der Waals surface area contributed by atoms with Crippen LogP contribution in [0, 0.1) is 0 Å². The highest BCUT2D eigenvalue weighted by Crippen LogP contribution is 2.61. The summed E-state index contributed by atoms with van der Waals surface area (Å²) in [5, 5.41) is 2.80. The van der Waals surface area contributed by atoms with E-state index in [-0.39, 0.29) is 0 Å². The molecule has 4 aliphatic rings. The second-order valence-electron chi connectivity index (χ2n) is 10.2. The van der Waals surface area contributed by atoms with Gasteiger partial charge < -0.3 is 9.46 Å². The monoisotopic (exact) mass is 523 g/mol. The average molecular weight is 524 g/mol. The Labute approximate surface area is 223 Å². The lowest BCUT2D eigenvalue weighted by molar-refractivity contribution is -0.582. The number of anilines is 1. The van der Waals surface area contributed by atoms with Crippen LogP contribution >= 0.6 is 18.7 Å². The van der Waals surface area contributed by atoms with E-state index in [1.807, 2.05) is 30.3 Å². The lowest BCUT2D eigenvalue weighted by Gasteiger charge is -2.37. The summed E-state index contributed by atoms with van der Waals surface area (Å²) in [5.74, 6) is 0.490. The Morgan fingerprint density at radius 1 is 0.892 bits per heavy atom. The number of nitrogens with zero attached hydrogens (tertiary/aromatic N) is 2. The lowest BCUT2D eigenvalue weighted by atomic mass is 9.89. The van der Waals surface area contributed by atoms with Gasteiger partial charge in [0.2, 0.25) is 5.71 Å². The maximum atomic E-state index is 15.7. The number of halogens is 1. The lowest BCUT2D eigenvalue weighted by Crippen LogP contribution is -2.38. The standard InChI is InChI=1S/C32H29ClN2OP/c33-22-23-8-10-24(11-9-23)32-28-14-12-25(34-16-4-17-34)20-30(28)37(36,27-6-2-1-3-7-27)31-21-26(13-15-29(31)32)35-18-5-19-35/h1-3,6-15,20-21H,4-5,16-19,22H2/q+1. The van der Waals surface area contributed by atoms with E-state index in [0.717, 1.165) is 69.9 Å². The molecule has 7 rings (SSSR count). The van der Waals surface area contributed by atoms with Gasteiger partial charge in [-0.3, -0.25) is 0 Å². The molecule has 3 aromatic rings. The van der Waals surface area contributed by atoms with Crippen molar-refractivity contribution >= 4 is 46.3 Å². The summed E-state index contributed by atoms with van der Waals surface area (Å²) in [6.45, 7) is 4.22. The summed E-state index contributed by atoms with van der Waals surface area (Å²) in [6, 6.07) is 25.3. The third kappa shape index (κ3) is 3.63.